The van der Waals surface area contributed by atoms with Gasteiger partial charge in [0.25, 0.3) is 0 Å². The Morgan fingerprint density at radius 1 is 0.957 bits per heavy atom. The molecular formula is C22H40O. The average Bonchev–Trinajstić information content (AvgIpc) is 3.00. The smallest absolute Gasteiger partial charge is 0.0577 e. The van der Waals surface area contributed by atoms with Crippen LogP contribution in [0.25, 0.3) is 0 Å². The van der Waals surface area contributed by atoms with Crippen LogP contribution in [0.5, 0.6) is 0 Å². The normalized spacial score (nSPS) is 44.3. The summed E-state index contributed by atoms with van der Waals surface area (Å²) in [5.74, 6) is 3.79. The highest BCUT2D eigenvalue weighted by Gasteiger charge is 2.51. The van der Waals surface area contributed by atoms with E-state index in [9.17, 15) is 5.11 Å². The van der Waals surface area contributed by atoms with E-state index in [1.165, 1.54) is 44.9 Å². The molecule has 1 heteroatoms. The first-order valence-electron chi connectivity index (χ1n) is 10.5. The van der Waals surface area contributed by atoms with Crippen molar-refractivity contribution in [3.8, 4) is 0 Å². The van der Waals surface area contributed by atoms with Crippen LogP contribution in [0, 0.1) is 29.1 Å². The molecule has 0 aromatic carbocycles. The fourth-order valence-electron chi connectivity index (χ4n) is 6.24. The molecule has 0 radical (unpaired) electrons. The van der Waals surface area contributed by atoms with Crippen LogP contribution in [0.4, 0.5) is 0 Å². The second kappa shape index (κ2) is 8.19. The first-order valence-corrected chi connectivity index (χ1v) is 10.5. The summed E-state index contributed by atoms with van der Waals surface area (Å²) in [7, 11) is 0. The molecule has 0 aromatic rings. The molecule has 6 atom stereocenters. The Kier molecular flexibility index (Phi) is 6.77. The summed E-state index contributed by atoms with van der Waals surface area (Å²) >= 11 is 0. The van der Waals surface area contributed by atoms with E-state index in [0.717, 1.165) is 36.5 Å². The van der Waals surface area contributed by atoms with E-state index in [2.05, 4.69) is 13.0 Å². The maximum atomic E-state index is 9.89. The Morgan fingerprint density at radius 3 is 2.43 bits per heavy atom. The molecule has 0 aromatic heterocycles. The number of rotatable bonds is 0. The summed E-state index contributed by atoms with van der Waals surface area (Å²) < 4.78 is 0. The first kappa shape index (κ1) is 19.0. The fraction of sp³-hybridized carbons (Fsp3) is 0.909. The third-order valence-electron chi connectivity index (χ3n) is 7.20. The van der Waals surface area contributed by atoms with Crippen molar-refractivity contribution in [3.05, 3.63) is 11.6 Å². The highest BCUT2D eigenvalue weighted by molar-refractivity contribution is 5.19. The van der Waals surface area contributed by atoms with E-state index >= 15 is 0 Å². The van der Waals surface area contributed by atoms with Gasteiger partial charge in [-0.25, -0.2) is 0 Å². The van der Waals surface area contributed by atoms with Gasteiger partial charge in [-0.2, -0.15) is 0 Å². The van der Waals surface area contributed by atoms with Crippen LogP contribution in [-0.2, 0) is 0 Å². The second-order valence-corrected chi connectivity index (χ2v) is 8.08. The summed E-state index contributed by atoms with van der Waals surface area (Å²) in [5, 5.41) is 9.89. The van der Waals surface area contributed by atoms with Gasteiger partial charge < -0.3 is 5.11 Å². The van der Waals surface area contributed by atoms with Gasteiger partial charge in [-0.3, -0.25) is 0 Å². The molecule has 4 aliphatic carbocycles. The number of hydrogen-bond donors (Lipinski definition) is 1. The van der Waals surface area contributed by atoms with Gasteiger partial charge >= 0.3 is 0 Å². The molecule has 0 amide bonds. The van der Waals surface area contributed by atoms with Crippen LogP contribution >= 0.6 is 0 Å². The molecule has 134 valence electrons. The minimum Gasteiger partial charge on any atom is -0.393 e. The second-order valence-electron chi connectivity index (χ2n) is 8.08. The van der Waals surface area contributed by atoms with E-state index < -0.39 is 0 Å². The van der Waals surface area contributed by atoms with Crippen molar-refractivity contribution < 1.29 is 5.11 Å². The van der Waals surface area contributed by atoms with Crippen LogP contribution in [0.15, 0.2) is 11.6 Å². The summed E-state index contributed by atoms with van der Waals surface area (Å²) in [4.78, 5) is 0. The average molecular weight is 321 g/mol. The topological polar surface area (TPSA) is 20.2 Å². The standard InChI is InChI=1S/C18H28O.2C2H6/c1-18-9-2-3-17(18)16-6-4-12-11-13(19)5-7-14(12)15(16)8-10-18;2*1-2/h4,13-17,19H,2-3,5-11H2,1H3;2*1-2H3. The summed E-state index contributed by atoms with van der Waals surface area (Å²) in [5.41, 5.74) is 2.31. The van der Waals surface area contributed by atoms with Crippen LogP contribution in [0.3, 0.4) is 0 Å². The highest BCUT2D eigenvalue weighted by atomic mass is 16.3. The molecule has 3 saturated carbocycles. The lowest BCUT2D eigenvalue weighted by atomic mass is 9.53. The van der Waals surface area contributed by atoms with Gasteiger partial charge in [-0.05, 0) is 80.5 Å². The van der Waals surface area contributed by atoms with Crippen molar-refractivity contribution in [1.29, 1.82) is 0 Å². The zero-order valence-electron chi connectivity index (χ0n) is 16.3. The molecular weight excluding hydrogens is 280 g/mol. The minimum absolute atomic E-state index is 0.0422. The van der Waals surface area contributed by atoms with Crippen LogP contribution in [0.1, 0.15) is 92.4 Å². The quantitative estimate of drug-likeness (QED) is 0.515. The number of aliphatic hydroxyl groups is 1. The summed E-state index contributed by atoms with van der Waals surface area (Å²) in [6, 6.07) is 0. The van der Waals surface area contributed by atoms with Gasteiger partial charge in [0, 0.05) is 0 Å². The van der Waals surface area contributed by atoms with Crippen molar-refractivity contribution in [1.82, 2.24) is 0 Å². The predicted octanol–water partition coefficient (Wildman–Crippen LogP) is 6.36. The van der Waals surface area contributed by atoms with E-state index in [0.29, 0.717) is 5.41 Å². The predicted molar refractivity (Wildman–Crippen MR) is 100 cm³/mol. The van der Waals surface area contributed by atoms with Crippen molar-refractivity contribution in [3.63, 3.8) is 0 Å². The molecule has 23 heavy (non-hydrogen) atoms. The SMILES string of the molecule is CC.CC.CC12CCCC1C1CC=C3CC(O)CCC3C1CC2. The zero-order valence-corrected chi connectivity index (χ0v) is 16.3. The van der Waals surface area contributed by atoms with E-state index in [1.807, 2.05) is 27.7 Å². The van der Waals surface area contributed by atoms with Gasteiger partial charge in [0.05, 0.1) is 6.10 Å². The fourth-order valence-corrected chi connectivity index (χ4v) is 6.24. The lowest BCUT2D eigenvalue weighted by molar-refractivity contribution is 0.00122. The maximum Gasteiger partial charge on any atom is 0.0577 e. The minimum atomic E-state index is -0.0422. The van der Waals surface area contributed by atoms with Crippen molar-refractivity contribution in [2.75, 3.05) is 0 Å². The van der Waals surface area contributed by atoms with Crippen LogP contribution in [-0.4, -0.2) is 11.2 Å². The number of hydrogen-bond acceptors (Lipinski definition) is 1. The van der Waals surface area contributed by atoms with Crippen LogP contribution < -0.4 is 0 Å². The molecule has 1 nitrogen and oxygen atoms in total. The lowest BCUT2D eigenvalue weighted by Gasteiger charge is -2.52. The van der Waals surface area contributed by atoms with Gasteiger partial charge in [0.2, 0.25) is 0 Å². The van der Waals surface area contributed by atoms with Crippen LogP contribution in [0.2, 0.25) is 0 Å². The molecule has 4 aliphatic rings. The number of aliphatic hydroxyl groups excluding tert-OH is 1. The van der Waals surface area contributed by atoms with Gasteiger partial charge in [-0.1, -0.05) is 52.7 Å². The Bertz CT molecular complexity index is 399. The third-order valence-corrected chi connectivity index (χ3v) is 7.20. The maximum absolute atomic E-state index is 9.89. The molecule has 4 rings (SSSR count). The number of allylic oxidation sites excluding steroid dienone is 1. The Morgan fingerprint density at radius 2 is 1.70 bits per heavy atom. The Labute approximate surface area is 144 Å². The molecule has 1 N–H and O–H groups in total. The van der Waals surface area contributed by atoms with Crippen molar-refractivity contribution in [2.24, 2.45) is 29.1 Å². The molecule has 0 heterocycles. The van der Waals surface area contributed by atoms with Gasteiger partial charge in [0.1, 0.15) is 0 Å². The highest BCUT2D eigenvalue weighted by Crippen LogP contribution is 2.61. The van der Waals surface area contributed by atoms with E-state index in [1.54, 1.807) is 5.57 Å². The Balaban J connectivity index is 0.000000448. The Hall–Kier alpha value is -0.300. The van der Waals surface area contributed by atoms with Gasteiger partial charge in [-0.15, -0.1) is 0 Å². The first-order chi connectivity index (χ1) is 11.2. The zero-order chi connectivity index (χ0) is 17.0. The lowest BCUT2D eigenvalue weighted by Crippen LogP contribution is -2.44. The number of fused-ring (bicyclic) bond motifs is 5. The molecule has 6 unspecified atom stereocenters. The summed E-state index contributed by atoms with van der Waals surface area (Å²) in [6.07, 6.45) is 14.5. The van der Waals surface area contributed by atoms with Crippen molar-refractivity contribution in [2.45, 2.75) is 98.5 Å². The molecule has 0 aliphatic heterocycles. The molecule has 0 spiro atoms. The van der Waals surface area contributed by atoms with Crippen molar-refractivity contribution >= 4 is 0 Å². The molecule has 0 bridgehead atoms. The molecule has 0 saturated heterocycles. The largest absolute Gasteiger partial charge is 0.393 e. The molecule has 3 fully saturated rings. The third kappa shape index (κ3) is 3.55. The van der Waals surface area contributed by atoms with Gasteiger partial charge in [0.15, 0.2) is 0 Å². The monoisotopic (exact) mass is 320 g/mol. The van der Waals surface area contributed by atoms with E-state index in [-0.39, 0.29) is 6.10 Å². The summed E-state index contributed by atoms with van der Waals surface area (Å²) in [6.45, 7) is 10.6. The van der Waals surface area contributed by atoms with E-state index in [4.69, 9.17) is 0 Å².